The van der Waals surface area contributed by atoms with Crippen molar-refractivity contribution in [3.63, 3.8) is 0 Å². The monoisotopic (exact) mass is 195 g/mol. The van der Waals surface area contributed by atoms with Gasteiger partial charge in [0.15, 0.2) is 5.78 Å². The van der Waals surface area contributed by atoms with Gasteiger partial charge in [0.25, 0.3) is 0 Å². The summed E-state index contributed by atoms with van der Waals surface area (Å²) in [5.74, 6) is 0.239. The van der Waals surface area contributed by atoms with Crippen molar-refractivity contribution in [1.82, 2.24) is 14.8 Å². The molecule has 1 aromatic rings. The van der Waals surface area contributed by atoms with E-state index in [1.54, 1.807) is 11.0 Å². The number of ether oxygens (including phenoxy) is 1. The first-order chi connectivity index (χ1) is 6.86. The molecule has 1 aliphatic rings. The maximum atomic E-state index is 11.7. The zero-order valence-corrected chi connectivity index (χ0v) is 7.93. The van der Waals surface area contributed by atoms with Crippen LogP contribution in [0.4, 0.5) is 0 Å². The highest BCUT2D eigenvalue weighted by Crippen LogP contribution is 2.14. The molecule has 0 aliphatic carbocycles. The Kier molecular flexibility index (Phi) is 2.88. The molecule has 1 saturated heterocycles. The molecule has 0 radical (unpaired) electrons. The van der Waals surface area contributed by atoms with Gasteiger partial charge in [0.05, 0.1) is 6.61 Å². The topological polar surface area (TPSA) is 57.0 Å². The summed E-state index contributed by atoms with van der Waals surface area (Å²) in [7, 11) is 0. The second-order valence-electron chi connectivity index (χ2n) is 3.47. The zero-order chi connectivity index (χ0) is 9.80. The Morgan fingerprint density at radius 2 is 2.57 bits per heavy atom. The van der Waals surface area contributed by atoms with Crippen LogP contribution in [0.2, 0.25) is 0 Å². The van der Waals surface area contributed by atoms with E-state index in [1.165, 1.54) is 6.33 Å². The van der Waals surface area contributed by atoms with Gasteiger partial charge in [-0.25, -0.2) is 9.67 Å². The molecular weight excluding hydrogens is 182 g/mol. The van der Waals surface area contributed by atoms with E-state index in [-0.39, 0.29) is 11.7 Å². The number of ketones is 1. The Balaban J connectivity index is 1.88. The lowest BCUT2D eigenvalue weighted by molar-refractivity contribution is -0.127. The van der Waals surface area contributed by atoms with Gasteiger partial charge >= 0.3 is 0 Å². The van der Waals surface area contributed by atoms with Crippen LogP contribution in [0.15, 0.2) is 12.7 Å². The molecule has 5 heteroatoms. The summed E-state index contributed by atoms with van der Waals surface area (Å²) in [6.07, 6.45) is 4.91. The van der Waals surface area contributed by atoms with Crippen LogP contribution in [0.5, 0.6) is 0 Å². The minimum atomic E-state index is 0.0490. The minimum Gasteiger partial charge on any atom is -0.381 e. The Hall–Kier alpha value is -1.23. The number of rotatable bonds is 3. The lowest BCUT2D eigenvalue weighted by atomic mass is 9.97. The summed E-state index contributed by atoms with van der Waals surface area (Å²) in [5.41, 5.74) is 0. The smallest absolute Gasteiger partial charge is 0.159 e. The molecule has 1 aliphatic heterocycles. The van der Waals surface area contributed by atoms with E-state index < -0.39 is 0 Å². The van der Waals surface area contributed by atoms with Crippen molar-refractivity contribution in [3.05, 3.63) is 12.7 Å². The average Bonchev–Trinajstić information content (AvgIpc) is 2.72. The Labute approximate surface area is 82.1 Å². The van der Waals surface area contributed by atoms with Gasteiger partial charge in [0.2, 0.25) is 0 Å². The summed E-state index contributed by atoms with van der Waals surface area (Å²) in [5, 5.41) is 3.89. The van der Waals surface area contributed by atoms with E-state index in [9.17, 15) is 4.79 Å². The summed E-state index contributed by atoms with van der Waals surface area (Å²) in [6, 6.07) is 0. The third-order valence-electron chi connectivity index (χ3n) is 2.40. The van der Waals surface area contributed by atoms with Crippen molar-refractivity contribution in [2.75, 3.05) is 13.2 Å². The van der Waals surface area contributed by atoms with E-state index in [0.717, 1.165) is 19.4 Å². The van der Waals surface area contributed by atoms with Gasteiger partial charge in [-0.2, -0.15) is 5.10 Å². The molecule has 0 saturated carbocycles. The molecule has 0 bridgehead atoms. The van der Waals surface area contributed by atoms with Crippen molar-refractivity contribution < 1.29 is 9.53 Å². The molecule has 0 spiro atoms. The van der Waals surface area contributed by atoms with Gasteiger partial charge in [-0.1, -0.05) is 0 Å². The number of aromatic nitrogens is 3. The lowest BCUT2D eigenvalue weighted by Crippen LogP contribution is -2.28. The van der Waals surface area contributed by atoms with E-state index in [1.807, 2.05) is 0 Å². The van der Waals surface area contributed by atoms with Gasteiger partial charge in [0, 0.05) is 12.5 Å². The minimum absolute atomic E-state index is 0.0490. The second kappa shape index (κ2) is 4.32. The maximum Gasteiger partial charge on any atom is 0.159 e. The fourth-order valence-corrected chi connectivity index (χ4v) is 1.60. The number of hydrogen-bond donors (Lipinski definition) is 0. The fourth-order valence-electron chi connectivity index (χ4n) is 1.60. The summed E-state index contributed by atoms with van der Waals surface area (Å²) < 4.78 is 6.81. The van der Waals surface area contributed by atoms with Gasteiger partial charge in [0.1, 0.15) is 19.2 Å². The van der Waals surface area contributed by atoms with Gasteiger partial charge in [-0.3, -0.25) is 4.79 Å². The Morgan fingerprint density at radius 1 is 1.64 bits per heavy atom. The Bertz CT molecular complexity index is 291. The first-order valence-electron chi connectivity index (χ1n) is 4.79. The second-order valence-corrected chi connectivity index (χ2v) is 3.47. The first-order valence-corrected chi connectivity index (χ1v) is 4.79. The molecule has 1 fully saturated rings. The number of carbonyl (C=O) groups is 1. The van der Waals surface area contributed by atoms with Crippen LogP contribution in [0, 0.1) is 5.92 Å². The maximum absolute atomic E-state index is 11.7. The molecule has 1 aromatic heterocycles. The summed E-state index contributed by atoms with van der Waals surface area (Å²) in [6.45, 7) is 1.66. The van der Waals surface area contributed by atoms with Gasteiger partial charge < -0.3 is 4.74 Å². The van der Waals surface area contributed by atoms with Crippen molar-refractivity contribution in [2.45, 2.75) is 19.4 Å². The zero-order valence-electron chi connectivity index (χ0n) is 7.93. The molecular formula is C9H13N3O2. The Morgan fingerprint density at radius 3 is 3.21 bits per heavy atom. The lowest BCUT2D eigenvalue weighted by Gasteiger charge is -2.20. The molecule has 2 heterocycles. The number of Topliss-reactive ketones (excluding diaryl/α,β-unsaturated/α-hetero) is 1. The largest absolute Gasteiger partial charge is 0.381 e. The third kappa shape index (κ3) is 2.17. The quantitative estimate of drug-likeness (QED) is 0.694. The van der Waals surface area contributed by atoms with Crippen LogP contribution in [-0.4, -0.2) is 33.8 Å². The number of nitrogens with zero attached hydrogens (tertiary/aromatic N) is 3. The molecule has 0 amide bonds. The van der Waals surface area contributed by atoms with Gasteiger partial charge in [-0.05, 0) is 12.8 Å². The highest BCUT2D eigenvalue weighted by molar-refractivity contribution is 5.80. The van der Waals surface area contributed by atoms with Crippen LogP contribution >= 0.6 is 0 Å². The molecule has 1 unspecified atom stereocenters. The third-order valence-corrected chi connectivity index (χ3v) is 2.40. The van der Waals surface area contributed by atoms with E-state index in [4.69, 9.17) is 4.74 Å². The fraction of sp³-hybridized carbons (Fsp3) is 0.667. The first kappa shape index (κ1) is 9.33. The average molecular weight is 195 g/mol. The SMILES string of the molecule is O=C(Cn1cncn1)C1CCCOC1. The predicted octanol–water partition coefficient (Wildman–Crippen LogP) is 0.274. The van der Waals surface area contributed by atoms with Crippen molar-refractivity contribution in [1.29, 1.82) is 0 Å². The van der Waals surface area contributed by atoms with Crippen LogP contribution in [0.3, 0.4) is 0 Å². The molecule has 0 aromatic carbocycles. The summed E-state index contributed by atoms with van der Waals surface area (Å²) >= 11 is 0. The molecule has 5 nitrogen and oxygen atoms in total. The molecule has 1 atom stereocenters. The van der Waals surface area contributed by atoms with Crippen molar-refractivity contribution in [2.24, 2.45) is 5.92 Å². The highest BCUT2D eigenvalue weighted by atomic mass is 16.5. The summed E-state index contributed by atoms with van der Waals surface area (Å²) in [4.78, 5) is 15.5. The predicted molar refractivity (Wildman–Crippen MR) is 48.6 cm³/mol. The highest BCUT2D eigenvalue weighted by Gasteiger charge is 2.21. The number of carbonyl (C=O) groups excluding carboxylic acids is 1. The van der Waals surface area contributed by atoms with Crippen LogP contribution in [-0.2, 0) is 16.1 Å². The van der Waals surface area contributed by atoms with Crippen molar-refractivity contribution in [3.8, 4) is 0 Å². The standard InChI is InChI=1S/C9H13N3O2/c13-9(4-12-7-10-6-11-12)8-2-1-3-14-5-8/h6-8H,1-5H2. The molecule has 14 heavy (non-hydrogen) atoms. The van der Waals surface area contributed by atoms with Crippen molar-refractivity contribution >= 4 is 5.78 Å². The van der Waals surface area contributed by atoms with Crippen LogP contribution in [0.1, 0.15) is 12.8 Å². The normalized spacial score (nSPS) is 22.1. The molecule has 2 rings (SSSR count). The van der Waals surface area contributed by atoms with Crippen LogP contribution < -0.4 is 0 Å². The van der Waals surface area contributed by atoms with E-state index >= 15 is 0 Å². The molecule has 0 N–H and O–H groups in total. The van der Waals surface area contributed by atoms with Crippen LogP contribution in [0.25, 0.3) is 0 Å². The van der Waals surface area contributed by atoms with E-state index in [0.29, 0.717) is 13.2 Å². The van der Waals surface area contributed by atoms with E-state index in [2.05, 4.69) is 10.1 Å². The number of hydrogen-bond acceptors (Lipinski definition) is 4. The molecule has 76 valence electrons. The van der Waals surface area contributed by atoms with Gasteiger partial charge in [-0.15, -0.1) is 0 Å².